The van der Waals surface area contributed by atoms with E-state index in [1.807, 2.05) is 0 Å². The minimum atomic E-state index is -0.455. The molecule has 1 aromatic heterocycles. The van der Waals surface area contributed by atoms with Crippen LogP contribution in [0, 0.1) is 12.3 Å². The monoisotopic (exact) mass is 188 g/mol. The SMILES string of the molecule is C#CCn1c(=O)oc2ccc(N)cc21. The van der Waals surface area contributed by atoms with Crippen LogP contribution in [0.5, 0.6) is 0 Å². The minimum absolute atomic E-state index is 0.190. The van der Waals surface area contributed by atoms with Gasteiger partial charge in [-0.3, -0.25) is 4.57 Å². The Hall–Kier alpha value is -2.15. The van der Waals surface area contributed by atoms with Crippen molar-refractivity contribution in [1.29, 1.82) is 0 Å². The van der Waals surface area contributed by atoms with Gasteiger partial charge < -0.3 is 10.2 Å². The summed E-state index contributed by atoms with van der Waals surface area (Å²) in [6.45, 7) is 0.190. The summed E-state index contributed by atoms with van der Waals surface area (Å²) in [5, 5.41) is 0. The molecule has 0 aliphatic carbocycles. The van der Waals surface area contributed by atoms with Crippen molar-refractivity contribution in [3.8, 4) is 12.3 Å². The number of nitrogen functional groups attached to an aromatic ring is 1. The van der Waals surface area contributed by atoms with Gasteiger partial charge in [0.15, 0.2) is 5.58 Å². The molecule has 14 heavy (non-hydrogen) atoms. The largest absolute Gasteiger partial charge is 0.420 e. The summed E-state index contributed by atoms with van der Waals surface area (Å²) in [5.74, 6) is 1.93. The van der Waals surface area contributed by atoms with Crippen LogP contribution in [0.15, 0.2) is 27.4 Å². The maximum atomic E-state index is 11.3. The van der Waals surface area contributed by atoms with Gasteiger partial charge in [0.25, 0.3) is 0 Å². The topological polar surface area (TPSA) is 61.2 Å². The van der Waals surface area contributed by atoms with Gasteiger partial charge in [-0.1, -0.05) is 5.92 Å². The quantitative estimate of drug-likeness (QED) is 0.532. The van der Waals surface area contributed by atoms with Crippen molar-refractivity contribution in [2.75, 3.05) is 5.73 Å². The van der Waals surface area contributed by atoms with Gasteiger partial charge in [-0.05, 0) is 18.2 Å². The second kappa shape index (κ2) is 2.96. The van der Waals surface area contributed by atoms with Crippen molar-refractivity contribution < 1.29 is 4.42 Å². The van der Waals surface area contributed by atoms with E-state index in [0.29, 0.717) is 16.8 Å². The molecule has 70 valence electrons. The molecule has 0 saturated heterocycles. The molecule has 2 rings (SSSR count). The Kier molecular flexibility index (Phi) is 1.79. The molecule has 2 N–H and O–H groups in total. The molecule has 0 spiro atoms. The lowest BCUT2D eigenvalue weighted by atomic mass is 10.3. The zero-order valence-electron chi connectivity index (χ0n) is 7.36. The highest BCUT2D eigenvalue weighted by Crippen LogP contribution is 2.15. The fourth-order valence-corrected chi connectivity index (χ4v) is 1.32. The van der Waals surface area contributed by atoms with Crippen molar-refractivity contribution in [3.05, 3.63) is 28.7 Å². The van der Waals surface area contributed by atoms with Crippen LogP contribution in [-0.2, 0) is 6.54 Å². The molecular weight excluding hydrogens is 180 g/mol. The molecule has 2 aromatic rings. The summed E-state index contributed by atoms with van der Waals surface area (Å²) < 4.78 is 6.33. The lowest BCUT2D eigenvalue weighted by Crippen LogP contribution is -2.12. The van der Waals surface area contributed by atoms with E-state index < -0.39 is 5.76 Å². The molecule has 4 nitrogen and oxygen atoms in total. The number of fused-ring (bicyclic) bond motifs is 1. The zero-order valence-corrected chi connectivity index (χ0v) is 7.36. The van der Waals surface area contributed by atoms with Crippen molar-refractivity contribution in [2.24, 2.45) is 0 Å². The summed E-state index contributed by atoms with van der Waals surface area (Å²) in [6, 6.07) is 4.99. The number of rotatable bonds is 1. The number of anilines is 1. The van der Waals surface area contributed by atoms with E-state index in [2.05, 4.69) is 5.92 Å². The second-order valence-corrected chi connectivity index (χ2v) is 2.89. The molecule has 0 bridgehead atoms. The van der Waals surface area contributed by atoms with Crippen LogP contribution in [0.25, 0.3) is 11.1 Å². The van der Waals surface area contributed by atoms with Crippen LogP contribution in [0.2, 0.25) is 0 Å². The first-order valence-corrected chi connectivity index (χ1v) is 4.04. The molecule has 0 saturated carbocycles. The van der Waals surface area contributed by atoms with E-state index in [-0.39, 0.29) is 6.54 Å². The second-order valence-electron chi connectivity index (χ2n) is 2.89. The highest BCUT2D eigenvalue weighted by molar-refractivity contribution is 5.77. The van der Waals surface area contributed by atoms with E-state index in [9.17, 15) is 4.79 Å². The van der Waals surface area contributed by atoms with Crippen molar-refractivity contribution in [1.82, 2.24) is 4.57 Å². The van der Waals surface area contributed by atoms with E-state index in [1.165, 1.54) is 4.57 Å². The molecule has 0 unspecified atom stereocenters. The molecular formula is C10H8N2O2. The Morgan fingerprint density at radius 1 is 1.57 bits per heavy atom. The number of nitrogens with zero attached hydrogens (tertiary/aromatic N) is 1. The van der Waals surface area contributed by atoms with Gasteiger partial charge in [0.05, 0.1) is 12.1 Å². The van der Waals surface area contributed by atoms with Gasteiger partial charge in [0.1, 0.15) is 0 Å². The number of aromatic nitrogens is 1. The van der Waals surface area contributed by atoms with E-state index in [0.717, 1.165) is 0 Å². The number of nitrogens with two attached hydrogens (primary N) is 1. The Morgan fingerprint density at radius 2 is 2.36 bits per heavy atom. The van der Waals surface area contributed by atoms with Crippen molar-refractivity contribution in [3.63, 3.8) is 0 Å². The van der Waals surface area contributed by atoms with Crippen LogP contribution < -0.4 is 11.5 Å². The Balaban J connectivity index is 2.81. The van der Waals surface area contributed by atoms with Crippen LogP contribution in [0.1, 0.15) is 0 Å². The standard InChI is InChI=1S/C10H8N2O2/c1-2-5-12-8-6-7(11)3-4-9(8)14-10(12)13/h1,3-4,6H,5,11H2. The third-order valence-electron chi connectivity index (χ3n) is 1.94. The molecule has 0 aliphatic rings. The first-order chi connectivity index (χ1) is 6.72. The predicted molar refractivity (Wildman–Crippen MR) is 53.7 cm³/mol. The van der Waals surface area contributed by atoms with Gasteiger partial charge in [-0.25, -0.2) is 4.79 Å². The highest BCUT2D eigenvalue weighted by Gasteiger charge is 2.07. The number of terminal acetylenes is 1. The van der Waals surface area contributed by atoms with Crippen LogP contribution in [-0.4, -0.2) is 4.57 Å². The number of benzene rings is 1. The average molecular weight is 188 g/mol. The van der Waals surface area contributed by atoms with E-state index in [4.69, 9.17) is 16.6 Å². The normalized spacial score (nSPS) is 10.2. The number of oxazole rings is 1. The average Bonchev–Trinajstić information content (AvgIpc) is 2.45. The minimum Gasteiger partial charge on any atom is -0.408 e. The molecule has 0 radical (unpaired) electrons. The molecule has 1 aromatic carbocycles. The van der Waals surface area contributed by atoms with Crippen LogP contribution in [0.4, 0.5) is 5.69 Å². The maximum absolute atomic E-state index is 11.3. The lowest BCUT2D eigenvalue weighted by molar-refractivity contribution is 0.521. The molecule has 4 heteroatoms. The summed E-state index contributed by atoms with van der Waals surface area (Å²) in [4.78, 5) is 11.3. The molecule has 0 aliphatic heterocycles. The van der Waals surface area contributed by atoms with Crippen molar-refractivity contribution in [2.45, 2.75) is 6.54 Å². The Morgan fingerprint density at radius 3 is 3.07 bits per heavy atom. The van der Waals surface area contributed by atoms with Gasteiger partial charge >= 0.3 is 5.76 Å². The highest BCUT2D eigenvalue weighted by atomic mass is 16.4. The van der Waals surface area contributed by atoms with Crippen molar-refractivity contribution >= 4 is 16.8 Å². The number of hydrogen-bond donors (Lipinski definition) is 1. The third-order valence-corrected chi connectivity index (χ3v) is 1.94. The third kappa shape index (κ3) is 1.15. The molecule has 0 fully saturated rings. The van der Waals surface area contributed by atoms with Crippen LogP contribution in [0.3, 0.4) is 0 Å². The van der Waals surface area contributed by atoms with E-state index >= 15 is 0 Å². The first kappa shape index (κ1) is 8.45. The Bertz CT molecular complexity index is 572. The summed E-state index contributed by atoms with van der Waals surface area (Å²) in [5.41, 5.74) is 7.29. The fraction of sp³-hybridized carbons (Fsp3) is 0.100. The van der Waals surface area contributed by atoms with Gasteiger partial charge in [-0.15, -0.1) is 6.42 Å². The van der Waals surface area contributed by atoms with Gasteiger partial charge in [-0.2, -0.15) is 0 Å². The van der Waals surface area contributed by atoms with Gasteiger partial charge in [0, 0.05) is 5.69 Å². The smallest absolute Gasteiger partial charge is 0.408 e. The lowest BCUT2D eigenvalue weighted by Gasteiger charge is -1.95. The van der Waals surface area contributed by atoms with E-state index in [1.54, 1.807) is 18.2 Å². The Labute approximate surface area is 79.9 Å². The summed E-state index contributed by atoms with van der Waals surface area (Å²) in [6.07, 6.45) is 5.14. The van der Waals surface area contributed by atoms with Crippen LogP contribution >= 0.6 is 0 Å². The predicted octanol–water partition coefficient (Wildman–Crippen LogP) is 0.810. The first-order valence-electron chi connectivity index (χ1n) is 4.04. The maximum Gasteiger partial charge on any atom is 0.420 e. The fourth-order valence-electron chi connectivity index (χ4n) is 1.32. The molecule has 0 amide bonds. The molecule has 0 atom stereocenters. The molecule has 1 heterocycles. The number of hydrogen-bond acceptors (Lipinski definition) is 3. The summed E-state index contributed by atoms with van der Waals surface area (Å²) in [7, 11) is 0. The van der Waals surface area contributed by atoms with Gasteiger partial charge in [0.2, 0.25) is 0 Å². The zero-order chi connectivity index (χ0) is 10.1. The summed E-state index contributed by atoms with van der Waals surface area (Å²) >= 11 is 0.